The maximum Gasteiger partial charge on any atom is 0.0613 e. The van der Waals surface area contributed by atoms with Crippen molar-refractivity contribution in [1.29, 1.82) is 0 Å². The lowest BCUT2D eigenvalue weighted by atomic mass is 10.3. The average Bonchev–Trinajstić information content (AvgIpc) is 2.33. The molecule has 0 saturated carbocycles. The van der Waals surface area contributed by atoms with E-state index < -0.39 is 0 Å². The zero-order valence-electron chi connectivity index (χ0n) is 5.02. The van der Waals surface area contributed by atoms with E-state index in [1.807, 2.05) is 12.3 Å². The van der Waals surface area contributed by atoms with E-state index in [-0.39, 0.29) is 0 Å². The lowest BCUT2D eigenvalue weighted by molar-refractivity contribution is 1.28. The molecule has 1 aromatic heterocycles. The number of H-pyrrole nitrogens is 1. The summed E-state index contributed by atoms with van der Waals surface area (Å²) >= 11 is 0. The van der Waals surface area contributed by atoms with E-state index in [9.17, 15) is 0 Å². The van der Waals surface area contributed by atoms with Gasteiger partial charge in [0.25, 0.3) is 0 Å². The topological polar surface area (TPSA) is 27.8 Å². The highest BCUT2D eigenvalue weighted by Crippen LogP contribution is 2.17. The van der Waals surface area contributed by atoms with E-state index in [1.54, 1.807) is 0 Å². The van der Waals surface area contributed by atoms with Crippen LogP contribution < -0.4 is 5.32 Å². The summed E-state index contributed by atoms with van der Waals surface area (Å²) in [5, 5.41) is 3.22. The molecule has 2 N–H and O–H groups in total. The largest absolute Gasteiger partial charge is 0.380 e. The molecule has 2 nitrogen and oxygen atoms in total. The maximum atomic E-state index is 3.22. The molecule has 0 radical (unpaired) electrons. The minimum Gasteiger partial charge on any atom is -0.380 e. The molecule has 1 aliphatic rings. The fourth-order valence-electron chi connectivity index (χ4n) is 1.02. The monoisotopic (exact) mass is 120 g/mol. The van der Waals surface area contributed by atoms with Crippen LogP contribution in [0.4, 0.5) is 5.69 Å². The van der Waals surface area contributed by atoms with Gasteiger partial charge in [-0.2, -0.15) is 0 Å². The van der Waals surface area contributed by atoms with Crippen LogP contribution in [0.2, 0.25) is 0 Å². The number of hydrogen-bond acceptors (Lipinski definition) is 1. The summed E-state index contributed by atoms with van der Waals surface area (Å²) in [5.41, 5.74) is 2.39. The zero-order chi connectivity index (χ0) is 6.10. The normalized spacial score (nSPS) is 14.7. The highest BCUT2D eigenvalue weighted by molar-refractivity contribution is 5.66. The summed E-state index contributed by atoms with van der Waals surface area (Å²) in [6, 6.07) is 2.04. The van der Waals surface area contributed by atoms with Gasteiger partial charge in [0.05, 0.1) is 11.4 Å². The molecular weight excluding hydrogens is 112 g/mol. The lowest BCUT2D eigenvalue weighted by Gasteiger charge is -2.05. The van der Waals surface area contributed by atoms with Crippen molar-refractivity contribution >= 4 is 11.8 Å². The second kappa shape index (κ2) is 1.65. The van der Waals surface area contributed by atoms with Gasteiger partial charge in [0, 0.05) is 12.7 Å². The van der Waals surface area contributed by atoms with Crippen molar-refractivity contribution in [3.63, 3.8) is 0 Å². The third-order valence-electron chi connectivity index (χ3n) is 1.47. The van der Waals surface area contributed by atoms with E-state index in [0.717, 1.165) is 6.54 Å². The van der Waals surface area contributed by atoms with Crippen molar-refractivity contribution in [3.05, 3.63) is 24.0 Å². The van der Waals surface area contributed by atoms with E-state index in [2.05, 4.69) is 22.5 Å². The predicted octanol–water partition coefficient (Wildman–Crippen LogP) is 1.45. The van der Waals surface area contributed by atoms with Crippen molar-refractivity contribution in [2.75, 3.05) is 11.9 Å². The molecule has 0 saturated heterocycles. The molecular formula is C7H8N2. The van der Waals surface area contributed by atoms with Crippen LogP contribution in [-0.4, -0.2) is 11.5 Å². The van der Waals surface area contributed by atoms with Gasteiger partial charge >= 0.3 is 0 Å². The fourth-order valence-corrected chi connectivity index (χ4v) is 1.02. The predicted molar refractivity (Wildman–Crippen MR) is 38.3 cm³/mol. The van der Waals surface area contributed by atoms with Gasteiger partial charge in [-0.25, -0.2) is 0 Å². The lowest BCUT2D eigenvalue weighted by Crippen LogP contribution is -2.01. The van der Waals surface area contributed by atoms with Gasteiger partial charge in [0.1, 0.15) is 0 Å². The quantitative estimate of drug-likeness (QED) is 0.533. The summed E-state index contributed by atoms with van der Waals surface area (Å²) in [5.74, 6) is 0. The molecule has 0 aliphatic carbocycles. The second-order valence-corrected chi connectivity index (χ2v) is 2.09. The number of hydrogen-bond donors (Lipinski definition) is 2. The number of nitrogens with one attached hydrogen (secondary N) is 2. The van der Waals surface area contributed by atoms with Crippen LogP contribution in [0.5, 0.6) is 0 Å². The molecule has 0 aromatic carbocycles. The Kier molecular flexibility index (Phi) is 0.859. The average molecular weight is 120 g/mol. The van der Waals surface area contributed by atoms with Crippen LogP contribution in [0.15, 0.2) is 18.3 Å². The van der Waals surface area contributed by atoms with Gasteiger partial charge in [-0.15, -0.1) is 0 Å². The smallest absolute Gasteiger partial charge is 0.0613 e. The van der Waals surface area contributed by atoms with Gasteiger partial charge in [-0.1, -0.05) is 6.08 Å². The summed E-state index contributed by atoms with van der Waals surface area (Å²) in [6.45, 7) is 0.949. The zero-order valence-corrected chi connectivity index (χ0v) is 5.02. The third kappa shape index (κ3) is 0.633. The van der Waals surface area contributed by atoms with Gasteiger partial charge in [-0.05, 0) is 12.1 Å². The number of anilines is 1. The molecule has 1 aromatic rings. The van der Waals surface area contributed by atoms with E-state index in [4.69, 9.17) is 0 Å². The minimum atomic E-state index is 0.949. The molecule has 2 heterocycles. The van der Waals surface area contributed by atoms with Crippen molar-refractivity contribution in [2.24, 2.45) is 0 Å². The van der Waals surface area contributed by atoms with Gasteiger partial charge in [-0.3, -0.25) is 0 Å². The molecule has 2 rings (SSSR count). The Morgan fingerprint density at radius 1 is 1.44 bits per heavy atom. The number of fused-ring (bicyclic) bond motifs is 1. The molecule has 1 aliphatic heterocycles. The second-order valence-electron chi connectivity index (χ2n) is 2.09. The Morgan fingerprint density at radius 2 is 2.44 bits per heavy atom. The SMILES string of the molecule is C1=Cc2[nH]ccc2NC1. The summed E-state index contributed by atoms with van der Waals surface area (Å²) in [4.78, 5) is 3.11. The Bertz CT molecular complexity index is 235. The first-order valence-corrected chi connectivity index (χ1v) is 3.04. The van der Waals surface area contributed by atoms with Crippen LogP contribution in [0.1, 0.15) is 5.69 Å². The van der Waals surface area contributed by atoms with Crippen LogP contribution in [-0.2, 0) is 0 Å². The Hall–Kier alpha value is -1.18. The highest BCUT2D eigenvalue weighted by atomic mass is 14.9. The fraction of sp³-hybridized carbons (Fsp3) is 0.143. The number of aromatic nitrogens is 1. The van der Waals surface area contributed by atoms with Crippen molar-refractivity contribution in [3.8, 4) is 0 Å². The van der Waals surface area contributed by atoms with Crippen LogP contribution in [0.3, 0.4) is 0 Å². The molecule has 0 spiro atoms. The molecule has 2 heteroatoms. The molecule has 46 valence electrons. The van der Waals surface area contributed by atoms with Gasteiger partial charge < -0.3 is 10.3 Å². The number of aromatic amines is 1. The van der Waals surface area contributed by atoms with Crippen molar-refractivity contribution < 1.29 is 0 Å². The van der Waals surface area contributed by atoms with Gasteiger partial charge in [0.15, 0.2) is 0 Å². The Morgan fingerprint density at radius 3 is 3.33 bits per heavy atom. The molecule has 0 bridgehead atoms. The Balaban J connectivity index is 2.53. The number of rotatable bonds is 0. The summed E-state index contributed by atoms with van der Waals surface area (Å²) in [7, 11) is 0. The van der Waals surface area contributed by atoms with E-state index >= 15 is 0 Å². The molecule has 9 heavy (non-hydrogen) atoms. The maximum absolute atomic E-state index is 3.22. The molecule has 0 unspecified atom stereocenters. The molecule has 0 atom stereocenters. The standard InChI is InChI=1S/C7H8N2/c1-2-6-7(8-4-1)3-5-9-6/h1-3,5,8-9H,4H2. The van der Waals surface area contributed by atoms with Crippen molar-refractivity contribution in [2.45, 2.75) is 0 Å². The first kappa shape index (κ1) is 4.68. The van der Waals surface area contributed by atoms with E-state index in [1.165, 1.54) is 11.4 Å². The van der Waals surface area contributed by atoms with Crippen LogP contribution >= 0.6 is 0 Å². The third-order valence-corrected chi connectivity index (χ3v) is 1.47. The first-order chi connectivity index (χ1) is 4.47. The highest BCUT2D eigenvalue weighted by Gasteiger charge is 2.00. The van der Waals surface area contributed by atoms with Crippen LogP contribution in [0.25, 0.3) is 6.08 Å². The first-order valence-electron chi connectivity index (χ1n) is 3.04. The Labute approximate surface area is 53.6 Å². The van der Waals surface area contributed by atoms with Gasteiger partial charge in [0.2, 0.25) is 0 Å². The van der Waals surface area contributed by atoms with Crippen molar-refractivity contribution in [1.82, 2.24) is 4.98 Å². The summed E-state index contributed by atoms with van der Waals surface area (Å²) < 4.78 is 0. The molecule has 0 fully saturated rings. The summed E-state index contributed by atoms with van der Waals surface area (Å²) in [6.07, 6.45) is 6.12. The van der Waals surface area contributed by atoms with E-state index in [0.29, 0.717) is 0 Å². The molecule has 0 amide bonds. The van der Waals surface area contributed by atoms with Crippen LogP contribution in [0, 0.1) is 0 Å². The minimum absolute atomic E-state index is 0.949.